The maximum Gasteiger partial charge on any atom is 0.300 e. The molecule has 9 heavy (non-hydrogen) atoms. The Labute approximate surface area is 54.3 Å². The van der Waals surface area contributed by atoms with Crippen molar-refractivity contribution in [2.24, 2.45) is 0 Å². The van der Waals surface area contributed by atoms with E-state index in [0.717, 1.165) is 0 Å². The minimum atomic E-state index is -2.64. The van der Waals surface area contributed by atoms with Crippen molar-refractivity contribution < 1.29 is 15.3 Å². The van der Waals surface area contributed by atoms with Crippen molar-refractivity contribution >= 4 is 0 Å². The van der Waals surface area contributed by atoms with Gasteiger partial charge in [0.1, 0.15) is 0 Å². The van der Waals surface area contributed by atoms with E-state index in [1.165, 1.54) is 6.92 Å². The summed E-state index contributed by atoms with van der Waals surface area (Å²) in [7, 11) is 0. The van der Waals surface area contributed by atoms with Gasteiger partial charge in [0, 0.05) is 5.57 Å². The van der Waals surface area contributed by atoms with Crippen LogP contribution in [0, 0.1) is 0 Å². The van der Waals surface area contributed by atoms with Crippen LogP contribution in [0.2, 0.25) is 0 Å². The fraction of sp³-hybridized carbons (Fsp3) is 0.667. The second-order valence-corrected chi connectivity index (χ2v) is 2.26. The second-order valence-electron chi connectivity index (χ2n) is 2.26. The molecule has 0 saturated carbocycles. The van der Waals surface area contributed by atoms with E-state index in [2.05, 4.69) is 0 Å². The van der Waals surface area contributed by atoms with Gasteiger partial charge in [-0.05, 0) is 20.8 Å². The van der Waals surface area contributed by atoms with Crippen LogP contribution < -0.4 is 0 Å². The summed E-state index contributed by atoms with van der Waals surface area (Å²) in [5.74, 6) is -2.64. The van der Waals surface area contributed by atoms with Crippen LogP contribution in [0.3, 0.4) is 0 Å². The highest BCUT2D eigenvalue weighted by Gasteiger charge is 2.21. The molecule has 0 aliphatic carbocycles. The molecule has 3 N–H and O–H groups in total. The van der Waals surface area contributed by atoms with Crippen molar-refractivity contribution in [3.8, 4) is 0 Å². The van der Waals surface area contributed by atoms with Crippen molar-refractivity contribution in [1.29, 1.82) is 0 Å². The zero-order chi connectivity index (χ0) is 7.65. The van der Waals surface area contributed by atoms with E-state index in [1.54, 1.807) is 13.8 Å². The van der Waals surface area contributed by atoms with Crippen LogP contribution >= 0.6 is 0 Å². The normalized spacial score (nSPS) is 11.3. The first-order valence-electron chi connectivity index (χ1n) is 2.67. The summed E-state index contributed by atoms with van der Waals surface area (Å²) in [5, 5.41) is 25.5. The zero-order valence-electron chi connectivity index (χ0n) is 5.84. The van der Waals surface area contributed by atoms with E-state index in [1.807, 2.05) is 0 Å². The molecule has 0 aromatic rings. The Morgan fingerprint density at radius 2 is 1.33 bits per heavy atom. The molecule has 0 saturated heterocycles. The van der Waals surface area contributed by atoms with Crippen molar-refractivity contribution in [2.45, 2.75) is 26.7 Å². The van der Waals surface area contributed by atoms with Crippen molar-refractivity contribution in [2.75, 3.05) is 0 Å². The van der Waals surface area contributed by atoms with Crippen LogP contribution in [0.25, 0.3) is 0 Å². The van der Waals surface area contributed by atoms with Gasteiger partial charge in [0.15, 0.2) is 0 Å². The molecule has 0 aromatic heterocycles. The fourth-order valence-electron chi connectivity index (χ4n) is 0.335. The number of rotatable bonds is 1. The minimum Gasteiger partial charge on any atom is -0.340 e. The summed E-state index contributed by atoms with van der Waals surface area (Å²) in [6.45, 7) is 4.83. The average Bonchev–Trinajstić information content (AvgIpc) is 1.62. The highest BCUT2D eigenvalue weighted by Crippen LogP contribution is 2.12. The van der Waals surface area contributed by atoms with Crippen LogP contribution in [-0.4, -0.2) is 21.3 Å². The van der Waals surface area contributed by atoms with Gasteiger partial charge in [-0.2, -0.15) is 0 Å². The third kappa shape index (κ3) is 2.60. The molecular formula is C6H12O3. The maximum absolute atomic E-state index is 8.51. The predicted octanol–water partition coefficient (Wildman–Crippen LogP) is -0.0266. The molecule has 0 radical (unpaired) electrons. The Hall–Kier alpha value is -0.380. The highest BCUT2D eigenvalue weighted by molar-refractivity contribution is 5.11. The topological polar surface area (TPSA) is 60.7 Å². The van der Waals surface area contributed by atoms with Gasteiger partial charge in [-0.1, -0.05) is 5.57 Å². The van der Waals surface area contributed by atoms with Crippen molar-refractivity contribution in [3.05, 3.63) is 11.1 Å². The Morgan fingerprint density at radius 1 is 1.00 bits per heavy atom. The Morgan fingerprint density at radius 3 is 1.33 bits per heavy atom. The smallest absolute Gasteiger partial charge is 0.300 e. The lowest BCUT2D eigenvalue weighted by Crippen LogP contribution is -2.29. The SMILES string of the molecule is CC(C)=C(C)C(O)(O)O. The number of hydrogen-bond donors (Lipinski definition) is 3. The first-order valence-corrected chi connectivity index (χ1v) is 2.67. The molecule has 0 bridgehead atoms. The van der Waals surface area contributed by atoms with Crippen LogP contribution in [-0.2, 0) is 0 Å². The number of allylic oxidation sites excluding steroid dienone is 1. The summed E-state index contributed by atoms with van der Waals surface area (Å²) >= 11 is 0. The van der Waals surface area contributed by atoms with Gasteiger partial charge in [-0.3, -0.25) is 0 Å². The predicted molar refractivity (Wildman–Crippen MR) is 33.4 cm³/mol. The third-order valence-electron chi connectivity index (χ3n) is 1.25. The zero-order valence-corrected chi connectivity index (χ0v) is 5.84. The largest absolute Gasteiger partial charge is 0.340 e. The number of hydrogen-bond acceptors (Lipinski definition) is 3. The lowest BCUT2D eigenvalue weighted by Gasteiger charge is -2.15. The lowest BCUT2D eigenvalue weighted by atomic mass is 10.1. The molecule has 54 valence electrons. The minimum absolute atomic E-state index is 0.169. The first-order chi connectivity index (χ1) is 3.85. The molecule has 0 aromatic carbocycles. The van der Waals surface area contributed by atoms with Crippen molar-refractivity contribution in [1.82, 2.24) is 0 Å². The lowest BCUT2D eigenvalue weighted by molar-refractivity contribution is -0.282. The molecule has 0 amide bonds. The van der Waals surface area contributed by atoms with E-state index in [4.69, 9.17) is 15.3 Å². The fourth-order valence-corrected chi connectivity index (χ4v) is 0.335. The third-order valence-corrected chi connectivity index (χ3v) is 1.25. The summed E-state index contributed by atoms with van der Waals surface area (Å²) in [4.78, 5) is 0. The monoisotopic (exact) mass is 132 g/mol. The molecule has 3 nitrogen and oxygen atoms in total. The summed E-state index contributed by atoms with van der Waals surface area (Å²) in [6, 6.07) is 0. The molecule has 0 fully saturated rings. The standard InChI is InChI=1S/C6H12O3/c1-4(2)5(3)6(7,8)9/h7-9H,1-3H3. The molecule has 0 atom stereocenters. The molecular weight excluding hydrogens is 120 g/mol. The quantitative estimate of drug-likeness (QED) is 0.347. The molecule has 0 unspecified atom stereocenters. The van der Waals surface area contributed by atoms with Gasteiger partial charge in [0.25, 0.3) is 5.97 Å². The van der Waals surface area contributed by atoms with E-state index in [-0.39, 0.29) is 5.57 Å². The van der Waals surface area contributed by atoms with Gasteiger partial charge in [-0.15, -0.1) is 0 Å². The molecule has 0 aliphatic rings. The van der Waals surface area contributed by atoms with Gasteiger partial charge in [0.2, 0.25) is 0 Å². The van der Waals surface area contributed by atoms with E-state index in [9.17, 15) is 0 Å². The van der Waals surface area contributed by atoms with Crippen LogP contribution in [0.15, 0.2) is 11.1 Å². The molecule has 0 rings (SSSR count). The molecule has 0 spiro atoms. The summed E-state index contributed by atoms with van der Waals surface area (Å²) < 4.78 is 0. The average molecular weight is 132 g/mol. The Balaban J connectivity index is 4.40. The Bertz CT molecular complexity index is 126. The summed E-state index contributed by atoms with van der Waals surface area (Å²) in [5.41, 5.74) is 0.866. The highest BCUT2D eigenvalue weighted by atomic mass is 16.7. The maximum atomic E-state index is 8.51. The number of aliphatic hydroxyl groups is 3. The molecule has 0 heterocycles. The Kier molecular flexibility index (Phi) is 2.37. The summed E-state index contributed by atoms with van der Waals surface area (Å²) in [6.07, 6.45) is 0. The van der Waals surface area contributed by atoms with Gasteiger partial charge in [0.05, 0.1) is 0 Å². The van der Waals surface area contributed by atoms with Crippen LogP contribution in [0.1, 0.15) is 20.8 Å². The first kappa shape index (κ1) is 8.62. The van der Waals surface area contributed by atoms with E-state index >= 15 is 0 Å². The second kappa shape index (κ2) is 2.47. The van der Waals surface area contributed by atoms with Gasteiger partial charge >= 0.3 is 0 Å². The molecule has 3 heteroatoms. The van der Waals surface area contributed by atoms with Crippen molar-refractivity contribution in [3.63, 3.8) is 0 Å². The van der Waals surface area contributed by atoms with E-state index < -0.39 is 5.97 Å². The molecule has 0 aliphatic heterocycles. The van der Waals surface area contributed by atoms with Crippen LogP contribution in [0.4, 0.5) is 0 Å². The van der Waals surface area contributed by atoms with E-state index in [0.29, 0.717) is 5.57 Å². The van der Waals surface area contributed by atoms with Crippen LogP contribution in [0.5, 0.6) is 0 Å². The van der Waals surface area contributed by atoms with Gasteiger partial charge < -0.3 is 15.3 Å². The van der Waals surface area contributed by atoms with Gasteiger partial charge in [-0.25, -0.2) is 0 Å².